The molecule has 0 aromatic carbocycles. The Balaban J connectivity index is 3.24. The number of nitrogens with two attached hydrogens (primary N) is 1. The van der Waals surface area contributed by atoms with E-state index in [-0.39, 0.29) is 11.8 Å². The summed E-state index contributed by atoms with van der Waals surface area (Å²) in [5, 5.41) is 5.86. The fourth-order valence-electron chi connectivity index (χ4n) is 3.30. The lowest BCUT2D eigenvalue weighted by molar-refractivity contribution is -0.122. The zero-order valence-corrected chi connectivity index (χ0v) is 20.8. The molecule has 0 aliphatic carbocycles. The number of nitrogens with one attached hydrogen (secondary N) is 2. The normalized spacial score (nSPS) is 10.9. The fraction of sp³-hybridized carbons (Fsp3) is 0.920. The van der Waals surface area contributed by atoms with Crippen molar-refractivity contribution < 1.29 is 19.1 Å². The lowest BCUT2D eigenvalue weighted by Crippen LogP contribution is -2.26. The summed E-state index contributed by atoms with van der Waals surface area (Å²) in [5.41, 5.74) is 5.39. The molecule has 0 atom stereocenters. The van der Waals surface area contributed by atoms with Crippen LogP contribution in [-0.2, 0) is 19.1 Å². The zero-order chi connectivity index (χ0) is 23.5. The number of amides is 2. The predicted octanol–water partition coefficient (Wildman–Crippen LogP) is 4.08. The van der Waals surface area contributed by atoms with Crippen LogP contribution in [-0.4, -0.2) is 57.9 Å². The fourth-order valence-corrected chi connectivity index (χ4v) is 3.30. The first-order chi connectivity index (χ1) is 15.7. The summed E-state index contributed by atoms with van der Waals surface area (Å²) < 4.78 is 10.9. The van der Waals surface area contributed by atoms with Crippen molar-refractivity contribution in [3.05, 3.63) is 0 Å². The standard InChI is InChI=1S/C25H51N3O4/c1-2-3-4-5-6-7-8-9-10-15-24(29)27-18-13-22-32-23-14-19-28-25(30)16-11-20-31-21-12-17-26/h2-23,26H2,1H3,(H,27,29)(H,28,30). The molecule has 0 bridgehead atoms. The highest BCUT2D eigenvalue weighted by molar-refractivity contribution is 5.76. The molecule has 0 heterocycles. The summed E-state index contributed by atoms with van der Waals surface area (Å²) in [6.45, 7) is 6.69. The highest BCUT2D eigenvalue weighted by atomic mass is 16.5. The molecule has 0 radical (unpaired) electrons. The molecule has 32 heavy (non-hydrogen) atoms. The Morgan fingerprint density at radius 3 is 1.56 bits per heavy atom. The molecule has 0 aromatic heterocycles. The first-order valence-corrected chi connectivity index (χ1v) is 13.1. The minimum Gasteiger partial charge on any atom is -0.381 e. The van der Waals surface area contributed by atoms with Gasteiger partial charge in [-0.25, -0.2) is 0 Å². The van der Waals surface area contributed by atoms with Crippen molar-refractivity contribution in [2.24, 2.45) is 5.73 Å². The van der Waals surface area contributed by atoms with E-state index >= 15 is 0 Å². The number of hydrogen-bond donors (Lipinski definition) is 3. The molecule has 0 spiro atoms. The van der Waals surface area contributed by atoms with E-state index < -0.39 is 0 Å². The van der Waals surface area contributed by atoms with Crippen LogP contribution in [0.4, 0.5) is 0 Å². The van der Waals surface area contributed by atoms with Gasteiger partial charge in [0.2, 0.25) is 11.8 Å². The van der Waals surface area contributed by atoms with E-state index in [2.05, 4.69) is 17.6 Å². The molecule has 4 N–H and O–H groups in total. The van der Waals surface area contributed by atoms with Crippen molar-refractivity contribution in [1.82, 2.24) is 10.6 Å². The van der Waals surface area contributed by atoms with Gasteiger partial charge in [-0.3, -0.25) is 9.59 Å². The second kappa shape index (κ2) is 26.1. The second-order valence-corrected chi connectivity index (χ2v) is 8.46. The number of carbonyl (C=O) groups is 2. The largest absolute Gasteiger partial charge is 0.381 e. The van der Waals surface area contributed by atoms with Gasteiger partial charge in [0.1, 0.15) is 0 Å². The van der Waals surface area contributed by atoms with Crippen LogP contribution in [0, 0.1) is 0 Å². The van der Waals surface area contributed by atoms with Gasteiger partial charge in [-0.1, -0.05) is 58.3 Å². The van der Waals surface area contributed by atoms with Gasteiger partial charge in [-0.2, -0.15) is 0 Å². The molecule has 7 heteroatoms. The quantitative estimate of drug-likeness (QED) is 0.179. The second-order valence-electron chi connectivity index (χ2n) is 8.46. The lowest BCUT2D eigenvalue weighted by Gasteiger charge is -2.08. The number of hydrogen-bond acceptors (Lipinski definition) is 5. The molecular formula is C25H51N3O4. The average molecular weight is 458 g/mol. The molecule has 0 aliphatic rings. The monoisotopic (exact) mass is 457 g/mol. The van der Waals surface area contributed by atoms with E-state index in [4.69, 9.17) is 15.2 Å². The third kappa shape index (κ3) is 25.1. The highest BCUT2D eigenvalue weighted by Crippen LogP contribution is 2.10. The van der Waals surface area contributed by atoms with E-state index in [1.54, 1.807) is 0 Å². The molecule has 0 fully saturated rings. The van der Waals surface area contributed by atoms with Gasteiger partial charge < -0.3 is 25.8 Å². The minimum absolute atomic E-state index is 0.0575. The van der Waals surface area contributed by atoms with Gasteiger partial charge in [0, 0.05) is 52.4 Å². The van der Waals surface area contributed by atoms with Crippen molar-refractivity contribution >= 4 is 11.8 Å². The number of unbranched alkanes of at least 4 members (excludes halogenated alkanes) is 8. The lowest BCUT2D eigenvalue weighted by atomic mass is 10.1. The SMILES string of the molecule is CCCCCCCCCCCC(=O)NCCCOCCCNC(=O)CCCOCCCN. The Labute approximate surface area is 196 Å². The Morgan fingerprint density at radius 1 is 0.594 bits per heavy atom. The number of ether oxygens (including phenoxy) is 2. The summed E-state index contributed by atoms with van der Waals surface area (Å²) >= 11 is 0. The first-order valence-electron chi connectivity index (χ1n) is 13.1. The topological polar surface area (TPSA) is 103 Å². The molecule has 0 unspecified atom stereocenters. The Hall–Kier alpha value is -1.18. The van der Waals surface area contributed by atoms with Crippen molar-refractivity contribution in [3.8, 4) is 0 Å². The Kier molecular flexibility index (Phi) is 25.1. The minimum atomic E-state index is 0.0575. The van der Waals surface area contributed by atoms with Crippen molar-refractivity contribution in [3.63, 3.8) is 0 Å². The average Bonchev–Trinajstić information content (AvgIpc) is 2.79. The molecule has 0 aromatic rings. The van der Waals surface area contributed by atoms with Gasteiger partial charge >= 0.3 is 0 Å². The summed E-state index contributed by atoms with van der Waals surface area (Å²) in [6.07, 6.45) is 15.7. The van der Waals surface area contributed by atoms with Crippen LogP contribution in [0.15, 0.2) is 0 Å². The van der Waals surface area contributed by atoms with Crippen LogP contribution in [0.25, 0.3) is 0 Å². The van der Waals surface area contributed by atoms with Crippen LogP contribution in [0.5, 0.6) is 0 Å². The number of rotatable bonds is 25. The van der Waals surface area contributed by atoms with Crippen molar-refractivity contribution in [1.29, 1.82) is 0 Å². The van der Waals surface area contributed by atoms with Gasteiger partial charge in [0.05, 0.1) is 0 Å². The van der Waals surface area contributed by atoms with Gasteiger partial charge in [0.25, 0.3) is 0 Å². The Morgan fingerprint density at radius 2 is 1.03 bits per heavy atom. The molecule has 0 rings (SSSR count). The summed E-state index contributed by atoms with van der Waals surface area (Å²) in [7, 11) is 0. The highest BCUT2D eigenvalue weighted by Gasteiger charge is 2.02. The van der Waals surface area contributed by atoms with Crippen molar-refractivity contribution in [2.45, 2.75) is 103 Å². The number of carbonyl (C=O) groups excluding carboxylic acids is 2. The van der Waals surface area contributed by atoms with E-state index in [0.717, 1.165) is 38.5 Å². The third-order valence-corrected chi connectivity index (χ3v) is 5.27. The van der Waals surface area contributed by atoms with E-state index in [1.807, 2.05) is 0 Å². The third-order valence-electron chi connectivity index (χ3n) is 5.27. The zero-order valence-electron chi connectivity index (χ0n) is 20.8. The van der Waals surface area contributed by atoms with Crippen LogP contribution in [0.3, 0.4) is 0 Å². The van der Waals surface area contributed by atoms with E-state index in [0.29, 0.717) is 58.9 Å². The Bertz CT molecular complexity index is 422. The summed E-state index contributed by atoms with van der Waals surface area (Å²) in [6, 6.07) is 0. The van der Waals surface area contributed by atoms with Crippen LogP contribution in [0.2, 0.25) is 0 Å². The van der Waals surface area contributed by atoms with Gasteiger partial charge in [-0.05, 0) is 38.6 Å². The van der Waals surface area contributed by atoms with Gasteiger partial charge in [-0.15, -0.1) is 0 Å². The van der Waals surface area contributed by atoms with Gasteiger partial charge in [0.15, 0.2) is 0 Å². The first kappa shape index (κ1) is 30.8. The molecule has 0 aliphatic heterocycles. The maximum absolute atomic E-state index is 11.8. The molecule has 190 valence electrons. The summed E-state index contributed by atoms with van der Waals surface area (Å²) in [4.78, 5) is 23.5. The maximum Gasteiger partial charge on any atom is 0.220 e. The van der Waals surface area contributed by atoms with Crippen molar-refractivity contribution in [2.75, 3.05) is 46.1 Å². The molecule has 2 amide bonds. The maximum atomic E-state index is 11.8. The molecule has 0 saturated heterocycles. The molecule has 7 nitrogen and oxygen atoms in total. The molecule has 0 saturated carbocycles. The van der Waals surface area contributed by atoms with Crippen LogP contribution < -0.4 is 16.4 Å². The van der Waals surface area contributed by atoms with Crippen LogP contribution in [0.1, 0.15) is 103 Å². The molecular weight excluding hydrogens is 406 g/mol. The predicted molar refractivity (Wildman–Crippen MR) is 132 cm³/mol. The van der Waals surface area contributed by atoms with Crippen LogP contribution >= 0.6 is 0 Å². The van der Waals surface area contributed by atoms with E-state index in [1.165, 1.54) is 44.9 Å². The smallest absolute Gasteiger partial charge is 0.220 e. The summed E-state index contributed by atoms with van der Waals surface area (Å²) in [5.74, 6) is 0.211. The van der Waals surface area contributed by atoms with E-state index in [9.17, 15) is 9.59 Å².